The molecule has 0 bridgehead atoms. The van der Waals surface area contributed by atoms with Crippen molar-refractivity contribution in [2.75, 3.05) is 7.11 Å². The van der Waals surface area contributed by atoms with Gasteiger partial charge in [-0.05, 0) is 29.8 Å². The van der Waals surface area contributed by atoms with Crippen molar-refractivity contribution in [2.45, 2.75) is 6.61 Å². The van der Waals surface area contributed by atoms with Gasteiger partial charge in [0.15, 0.2) is 5.43 Å². The minimum Gasteiger partial charge on any atom is -0.486 e. The predicted molar refractivity (Wildman–Crippen MR) is 102 cm³/mol. The summed E-state index contributed by atoms with van der Waals surface area (Å²) in [4.78, 5) is 24.2. The molecule has 2 heterocycles. The van der Waals surface area contributed by atoms with Gasteiger partial charge in [0.05, 0.1) is 18.1 Å². The summed E-state index contributed by atoms with van der Waals surface area (Å²) in [6.45, 7) is 0.120. The molecule has 4 aromatic rings. The van der Waals surface area contributed by atoms with E-state index in [1.165, 1.54) is 19.4 Å². The Bertz CT molecular complexity index is 1190. The number of fused-ring (bicyclic) bond motifs is 1. The first-order valence-electron chi connectivity index (χ1n) is 8.56. The number of rotatable bonds is 5. The highest BCUT2D eigenvalue weighted by molar-refractivity contribution is 5.86. The second-order valence-corrected chi connectivity index (χ2v) is 6.05. The molecule has 0 atom stereocenters. The van der Waals surface area contributed by atoms with Crippen molar-refractivity contribution in [3.8, 4) is 16.9 Å². The fourth-order valence-electron chi connectivity index (χ4n) is 2.84. The third kappa shape index (κ3) is 3.40. The molecule has 140 valence electrons. The van der Waals surface area contributed by atoms with Gasteiger partial charge in [0.25, 0.3) is 0 Å². The second-order valence-electron chi connectivity index (χ2n) is 6.05. The van der Waals surface area contributed by atoms with Crippen LogP contribution in [-0.2, 0) is 11.3 Å². The van der Waals surface area contributed by atoms with Crippen LogP contribution in [0, 0.1) is 0 Å². The number of benzene rings is 2. The standard InChI is InChI=1S/C22H16O6/c1-25-22(24)19-10-8-16(28-19)12-26-15-7-9-17-20(11-15)27-13-18(21(17)23)14-5-3-2-4-6-14/h2-11,13H,12H2,1H3. The first-order valence-corrected chi connectivity index (χ1v) is 8.56. The molecule has 0 fully saturated rings. The van der Waals surface area contributed by atoms with Crippen LogP contribution in [0.3, 0.4) is 0 Å². The first-order chi connectivity index (χ1) is 13.7. The number of carbonyl (C=O) groups is 1. The highest BCUT2D eigenvalue weighted by Gasteiger charge is 2.12. The summed E-state index contributed by atoms with van der Waals surface area (Å²) in [5, 5.41) is 0.472. The van der Waals surface area contributed by atoms with Gasteiger partial charge in [0.1, 0.15) is 30.0 Å². The van der Waals surface area contributed by atoms with Gasteiger partial charge >= 0.3 is 5.97 Å². The van der Waals surface area contributed by atoms with E-state index in [2.05, 4.69) is 4.74 Å². The number of carbonyl (C=O) groups excluding carboxylic acids is 1. The van der Waals surface area contributed by atoms with Crippen LogP contribution >= 0.6 is 0 Å². The summed E-state index contributed by atoms with van der Waals surface area (Å²) in [5.74, 6) is 0.549. The lowest BCUT2D eigenvalue weighted by Gasteiger charge is -2.06. The van der Waals surface area contributed by atoms with Gasteiger partial charge in [0, 0.05) is 6.07 Å². The van der Waals surface area contributed by atoms with Crippen molar-refractivity contribution in [3.05, 3.63) is 88.7 Å². The number of ether oxygens (including phenoxy) is 2. The molecule has 0 unspecified atom stereocenters. The molecular formula is C22H16O6. The summed E-state index contributed by atoms with van der Waals surface area (Å²) in [6.07, 6.45) is 1.46. The molecule has 0 amide bonds. The Morgan fingerprint density at radius 3 is 2.64 bits per heavy atom. The Morgan fingerprint density at radius 2 is 1.86 bits per heavy atom. The minimum atomic E-state index is -0.548. The van der Waals surface area contributed by atoms with E-state index in [1.54, 1.807) is 24.3 Å². The van der Waals surface area contributed by atoms with Crippen LogP contribution in [0.5, 0.6) is 5.75 Å². The van der Waals surface area contributed by atoms with Crippen molar-refractivity contribution in [2.24, 2.45) is 0 Å². The number of hydrogen-bond donors (Lipinski definition) is 0. The lowest BCUT2D eigenvalue weighted by atomic mass is 10.1. The minimum absolute atomic E-state index is 0.104. The van der Waals surface area contributed by atoms with E-state index < -0.39 is 5.97 Å². The molecule has 0 spiro atoms. The van der Waals surface area contributed by atoms with E-state index >= 15 is 0 Å². The molecule has 0 saturated heterocycles. The Balaban J connectivity index is 1.56. The largest absolute Gasteiger partial charge is 0.486 e. The molecule has 0 saturated carbocycles. The zero-order valence-corrected chi connectivity index (χ0v) is 15.0. The molecular weight excluding hydrogens is 360 g/mol. The highest BCUT2D eigenvalue weighted by Crippen LogP contribution is 2.24. The maximum atomic E-state index is 12.8. The van der Waals surface area contributed by atoms with Gasteiger partial charge in [-0.2, -0.15) is 0 Å². The lowest BCUT2D eigenvalue weighted by molar-refractivity contribution is 0.0561. The molecule has 2 aromatic heterocycles. The SMILES string of the molecule is COC(=O)c1ccc(COc2ccc3c(=O)c(-c4ccccc4)coc3c2)o1. The fourth-order valence-corrected chi connectivity index (χ4v) is 2.84. The van der Waals surface area contributed by atoms with E-state index in [4.69, 9.17) is 13.6 Å². The zero-order valence-electron chi connectivity index (χ0n) is 15.0. The summed E-state index contributed by atoms with van der Waals surface area (Å²) < 4.78 is 21.3. The van der Waals surface area contributed by atoms with Gasteiger partial charge in [-0.3, -0.25) is 4.79 Å². The summed E-state index contributed by atoms with van der Waals surface area (Å²) in [6, 6.07) is 17.5. The van der Waals surface area contributed by atoms with Crippen LogP contribution in [-0.4, -0.2) is 13.1 Å². The molecule has 0 aliphatic heterocycles. The normalized spacial score (nSPS) is 10.8. The van der Waals surface area contributed by atoms with Crippen LogP contribution in [0.15, 0.2) is 80.6 Å². The topological polar surface area (TPSA) is 78.9 Å². The van der Waals surface area contributed by atoms with Gasteiger partial charge in [0.2, 0.25) is 5.76 Å². The molecule has 0 radical (unpaired) electrons. The molecule has 28 heavy (non-hydrogen) atoms. The van der Waals surface area contributed by atoms with Crippen molar-refractivity contribution in [3.63, 3.8) is 0 Å². The summed E-state index contributed by atoms with van der Waals surface area (Å²) in [7, 11) is 1.28. The Hall–Kier alpha value is -3.80. The van der Waals surface area contributed by atoms with E-state index in [0.717, 1.165) is 5.56 Å². The Labute approximate surface area is 159 Å². The quantitative estimate of drug-likeness (QED) is 0.480. The number of furan rings is 1. The summed E-state index contributed by atoms with van der Waals surface area (Å²) >= 11 is 0. The Kier molecular flexibility index (Phi) is 4.68. The van der Waals surface area contributed by atoms with Crippen molar-refractivity contribution in [1.29, 1.82) is 0 Å². The fraction of sp³-hybridized carbons (Fsp3) is 0.0909. The van der Waals surface area contributed by atoms with Crippen molar-refractivity contribution >= 4 is 16.9 Å². The maximum Gasteiger partial charge on any atom is 0.373 e. The van der Waals surface area contributed by atoms with Crippen LogP contribution in [0.2, 0.25) is 0 Å². The molecule has 0 N–H and O–H groups in total. The van der Waals surface area contributed by atoms with Crippen LogP contribution in [0.25, 0.3) is 22.1 Å². The molecule has 6 nitrogen and oxygen atoms in total. The predicted octanol–water partition coefficient (Wildman–Crippen LogP) is 4.42. The third-order valence-corrected chi connectivity index (χ3v) is 4.26. The van der Waals surface area contributed by atoms with Crippen LogP contribution < -0.4 is 10.2 Å². The van der Waals surface area contributed by atoms with E-state index in [0.29, 0.717) is 28.0 Å². The highest BCUT2D eigenvalue weighted by atomic mass is 16.5. The van der Waals surface area contributed by atoms with E-state index in [1.807, 2.05) is 30.3 Å². The molecule has 6 heteroatoms. The summed E-state index contributed by atoms with van der Waals surface area (Å²) in [5.41, 5.74) is 1.63. The number of methoxy groups -OCH3 is 1. The first kappa shape index (κ1) is 17.6. The lowest BCUT2D eigenvalue weighted by Crippen LogP contribution is -2.05. The van der Waals surface area contributed by atoms with Crippen molar-refractivity contribution < 1.29 is 23.1 Å². The molecule has 2 aromatic carbocycles. The zero-order chi connectivity index (χ0) is 19.5. The molecule has 4 rings (SSSR count). The maximum absolute atomic E-state index is 12.8. The van der Waals surface area contributed by atoms with Crippen LogP contribution in [0.1, 0.15) is 16.3 Å². The van der Waals surface area contributed by atoms with Crippen LogP contribution in [0.4, 0.5) is 0 Å². The van der Waals surface area contributed by atoms with Crippen molar-refractivity contribution in [1.82, 2.24) is 0 Å². The molecule has 0 aliphatic carbocycles. The van der Waals surface area contributed by atoms with Gasteiger partial charge in [-0.1, -0.05) is 30.3 Å². The second kappa shape index (κ2) is 7.44. The monoisotopic (exact) mass is 376 g/mol. The number of esters is 1. The third-order valence-electron chi connectivity index (χ3n) is 4.26. The van der Waals surface area contributed by atoms with Gasteiger partial charge in [-0.15, -0.1) is 0 Å². The van der Waals surface area contributed by atoms with Gasteiger partial charge in [-0.25, -0.2) is 4.79 Å². The average Bonchev–Trinajstić information content (AvgIpc) is 3.21. The smallest absolute Gasteiger partial charge is 0.373 e. The van der Waals surface area contributed by atoms with E-state index in [9.17, 15) is 9.59 Å². The van der Waals surface area contributed by atoms with E-state index in [-0.39, 0.29) is 17.8 Å². The van der Waals surface area contributed by atoms with Gasteiger partial charge < -0.3 is 18.3 Å². The number of hydrogen-bond acceptors (Lipinski definition) is 6. The molecule has 0 aliphatic rings. The average molecular weight is 376 g/mol. The Morgan fingerprint density at radius 1 is 1.04 bits per heavy atom.